The van der Waals surface area contributed by atoms with Crippen LogP contribution in [0.2, 0.25) is 0 Å². The molecule has 0 fully saturated rings. The SMILES string of the molecule is COC(=O)c1cc2cc(NC(=O)c3cc(NCCCCOc4cc5c(cc4OC)C(=O)N4c6ccccc6C[C@H]4C=N5)cn3C)ccc2s1. The van der Waals surface area contributed by atoms with Gasteiger partial charge < -0.3 is 29.4 Å². The number of carbonyl (C=O) groups excluding carboxylic acids is 3. The Hall–Kier alpha value is -5.62. The van der Waals surface area contributed by atoms with Gasteiger partial charge in [0.25, 0.3) is 11.8 Å². The summed E-state index contributed by atoms with van der Waals surface area (Å²) in [6, 6.07) is 20.5. The van der Waals surface area contributed by atoms with Gasteiger partial charge in [0, 0.05) is 54.6 Å². The molecule has 2 N–H and O–H groups in total. The van der Waals surface area contributed by atoms with Gasteiger partial charge in [0.2, 0.25) is 0 Å². The average molecular weight is 678 g/mol. The van der Waals surface area contributed by atoms with Crippen molar-refractivity contribution in [1.29, 1.82) is 0 Å². The number of fused-ring (bicyclic) bond motifs is 5. The van der Waals surface area contributed by atoms with E-state index >= 15 is 0 Å². The molecule has 2 aliphatic heterocycles. The van der Waals surface area contributed by atoms with E-state index in [0.29, 0.717) is 52.2 Å². The summed E-state index contributed by atoms with van der Waals surface area (Å²) in [6.07, 6.45) is 6.05. The van der Waals surface area contributed by atoms with Gasteiger partial charge in [0.05, 0.1) is 43.8 Å². The number of hydrogen-bond acceptors (Lipinski definition) is 9. The van der Waals surface area contributed by atoms with E-state index in [1.165, 1.54) is 18.4 Å². The molecule has 4 heterocycles. The molecule has 0 radical (unpaired) electrons. The third-order valence-corrected chi connectivity index (χ3v) is 9.78. The minimum atomic E-state index is -0.380. The molecule has 3 aromatic carbocycles. The lowest BCUT2D eigenvalue weighted by atomic mass is 10.1. The summed E-state index contributed by atoms with van der Waals surface area (Å²) < 4.78 is 19.2. The van der Waals surface area contributed by atoms with Gasteiger partial charge >= 0.3 is 5.97 Å². The lowest BCUT2D eigenvalue weighted by Crippen LogP contribution is -2.37. The summed E-state index contributed by atoms with van der Waals surface area (Å²) >= 11 is 1.35. The van der Waals surface area contributed by atoms with Gasteiger partial charge in [-0.2, -0.15) is 0 Å². The first-order valence-corrected chi connectivity index (χ1v) is 16.8. The Morgan fingerprint density at radius 2 is 1.86 bits per heavy atom. The maximum Gasteiger partial charge on any atom is 0.348 e. The Kier molecular flexibility index (Phi) is 8.79. The monoisotopic (exact) mass is 677 g/mol. The van der Waals surface area contributed by atoms with Crippen molar-refractivity contribution in [3.63, 3.8) is 0 Å². The van der Waals surface area contributed by atoms with Crippen LogP contribution in [0.1, 0.15) is 48.9 Å². The number of esters is 1. The Morgan fingerprint density at radius 3 is 2.69 bits per heavy atom. The number of methoxy groups -OCH3 is 2. The fraction of sp³-hybridized carbons (Fsp3) is 0.243. The molecule has 0 spiro atoms. The van der Waals surface area contributed by atoms with Gasteiger partial charge in [0.1, 0.15) is 10.6 Å². The summed E-state index contributed by atoms with van der Waals surface area (Å²) in [5.41, 5.74) is 5.09. The number of hydrogen-bond donors (Lipinski definition) is 2. The molecule has 1 atom stereocenters. The van der Waals surface area contributed by atoms with E-state index in [0.717, 1.165) is 46.3 Å². The molecule has 49 heavy (non-hydrogen) atoms. The zero-order valence-corrected chi connectivity index (χ0v) is 28.1. The highest BCUT2D eigenvalue weighted by atomic mass is 32.1. The average Bonchev–Trinajstić information content (AvgIpc) is 3.80. The number of thiophene rings is 1. The smallest absolute Gasteiger partial charge is 0.348 e. The Bertz CT molecular complexity index is 2120. The minimum Gasteiger partial charge on any atom is -0.493 e. The highest BCUT2D eigenvalue weighted by molar-refractivity contribution is 7.20. The van der Waals surface area contributed by atoms with Gasteiger partial charge in [-0.3, -0.25) is 19.5 Å². The van der Waals surface area contributed by atoms with Crippen LogP contribution < -0.4 is 25.0 Å². The van der Waals surface area contributed by atoms with E-state index in [1.807, 2.05) is 66.8 Å². The number of amides is 2. The predicted molar refractivity (Wildman–Crippen MR) is 192 cm³/mol. The molecular formula is C37H35N5O6S. The van der Waals surface area contributed by atoms with Crippen LogP contribution in [0.4, 0.5) is 22.7 Å². The summed E-state index contributed by atoms with van der Waals surface area (Å²) in [4.78, 5) is 45.6. The van der Waals surface area contributed by atoms with Crippen molar-refractivity contribution in [2.75, 3.05) is 42.9 Å². The molecule has 2 aromatic heterocycles. The summed E-state index contributed by atoms with van der Waals surface area (Å²) in [5.74, 6) is 0.313. The topological polar surface area (TPSA) is 123 Å². The number of carbonyl (C=O) groups is 3. The number of nitrogens with zero attached hydrogens (tertiary/aromatic N) is 3. The Labute approximate surface area is 287 Å². The molecule has 0 aliphatic carbocycles. The van der Waals surface area contributed by atoms with Crippen molar-refractivity contribution < 1.29 is 28.6 Å². The number of ether oxygens (including phenoxy) is 3. The Morgan fingerprint density at radius 1 is 1.00 bits per heavy atom. The van der Waals surface area contributed by atoms with Crippen molar-refractivity contribution in [2.45, 2.75) is 25.3 Å². The second kappa shape index (κ2) is 13.5. The third kappa shape index (κ3) is 6.34. The van der Waals surface area contributed by atoms with Crippen molar-refractivity contribution in [1.82, 2.24) is 4.57 Å². The van der Waals surface area contributed by atoms with E-state index in [9.17, 15) is 14.4 Å². The van der Waals surface area contributed by atoms with Gasteiger partial charge in [-0.25, -0.2) is 4.79 Å². The first kappa shape index (κ1) is 32.0. The molecule has 2 aliphatic rings. The quantitative estimate of drug-likeness (QED) is 0.116. The number of rotatable bonds is 11. The Balaban J connectivity index is 0.914. The maximum atomic E-state index is 13.6. The number of aromatic nitrogens is 1. The molecule has 0 saturated carbocycles. The van der Waals surface area contributed by atoms with Crippen LogP contribution in [0.5, 0.6) is 11.5 Å². The fourth-order valence-corrected chi connectivity index (χ4v) is 7.20. The van der Waals surface area contributed by atoms with Crippen molar-refractivity contribution >= 4 is 68.2 Å². The third-order valence-electron chi connectivity index (χ3n) is 8.68. The number of aryl methyl sites for hydroxylation is 1. The highest BCUT2D eigenvalue weighted by Gasteiger charge is 2.36. The second-order valence-electron chi connectivity index (χ2n) is 11.9. The zero-order chi connectivity index (χ0) is 34.1. The van der Waals surface area contributed by atoms with Crippen LogP contribution in [0, 0.1) is 0 Å². The first-order valence-electron chi connectivity index (χ1n) is 16.0. The molecule has 7 rings (SSSR count). The van der Waals surface area contributed by atoms with Gasteiger partial charge in [-0.05, 0) is 66.3 Å². The standard InChI is InChI=1S/C37H35N5O6S/c1-41-21-25(17-30(41)35(43)40-24-10-11-33-23(14-24)16-34(49-33)37(45)47-3)38-12-6-7-13-48-32-19-28-27(18-31(32)46-2)36(44)42-26(20-39-28)15-22-8-4-5-9-29(22)42/h4-5,8-11,14,16-21,26,38H,6-7,12-13,15H2,1-3H3,(H,40,43)/t26-/m0/s1. The largest absolute Gasteiger partial charge is 0.493 e. The summed E-state index contributed by atoms with van der Waals surface area (Å²) in [6.45, 7) is 1.14. The summed E-state index contributed by atoms with van der Waals surface area (Å²) in [7, 11) is 4.75. The molecule has 250 valence electrons. The van der Waals surface area contributed by atoms with Crippen LogP contribution in [0.25, 0.3) is 10.1 Å². The second-order valence-corrected chi connectivity index (χ2v) is 13.0. The minimum absolute atomic E-state index is 0.102. The van der Waals surface area contributed by atoms with Crippen molar-refractivity contribution in [2.24, 2.45) is 12.0 Å². The molecule has 2 amide bonds. The number of nitrogens with one attached hydrogen (secondary N) is 2. The van der Waals surface area contributed by atoms with Crippen LogP contribution >= 0.6 is 11.3 Å². The molecular weight excluding hydrogens is 643 g/mol. The predicted octanol–water partition coefficient (Wildman–Crippen LogP) is 6.85. The van der Waals surface area contributed by atoms with E-state index in [-0.39, 0.29) is 23.8 Å². The van der Waals surface area contributed by atoms with Gasteiger partial charge in [-0.1, -0.05) is 18.2 Å². The van der Waals surface area contributed by atoms with Gasteiger partial charge in [0.15, 0.2) is 11.5 Å². The lowest BCUT2D eigenvalue weighted by molar-refractivity contribution is 0.0606. The number of benzene rings is 3. The molecule has 0 unspecified atom stereocenters. The zero-order valence-electron chi connectivity index (χ0n) is 27.3. The van der Waals surface area contributed by atoms with Gasteiger partial charge in [-0.15, -0.1) is 11.3 Å². The van der Waals surface area contributed by atoms with Crippen molar-refractivity contribution in [3.8, 4) is 11.5 Å². The van der Waals surface area contributed by atoms with Crippen LogP contribution in [-0.4, -0.2) is 62.0 Å². The molecule has 0 saturated heterocycles. The van der Waals surface area contributed by atoms with Crippen molar-refractivity contribution in [3.05, 3.63) is 94.6 Å². The van der Waals surface area contributed by atoms with E-state index < -0.39 is 0 Å². The normalized spacial score (nSPS) is 14.6. The van der Waals surface area contributed by atoms with Crippen LogP contribution in [-0.2, 0) is 18.2 Å². The van der Waals surface area contributed by atoms with E-state index in [1.54, 1.807) is 29.9 Å². The lowest BCUT2D eigenvalue weighted by Gasteiger charge is -2.22. The van der Waals surface area contributed by atoms with Crippen LogP contribution in [0.3, 0.4) is 0 Å². The number of para-hydroxylation sites is 1. The molecule has 12 heteroatoms. The highest BCUT2D eigenvalue weighted by Crippen LogP contribution is 2.41. The molecule has 11 nitrogen and oxygen atoms in total. The fourth-order valence-electron chi connectivity index (χ4n) is 6.24. The number of unbranched alkanes of at least 4 members (excludes halogenated alkanes) is 1. The number of aliphatic imine (C=N–C) groups is 1. The first-order chi connectivity index (χ1) is 23.8. The molecule has 5 aromatic rings. The van der Waals surface area contributed by atoms with Crippen LogP contribution in [0.15, 0.2) is 77.9 Å². The maximum absolute atomic E-state index is 13.6. The van der Waals surface area contributed by atoms with E-state index in [2.05, 4.69) is 21.7 Å². The molecule has 0 bridgehead atoms. The number of anilines is 3. The van der Waals surface area contributed by atoms with E-state index in [4.69, 9.17) is 14.2 Å². The summed E-state index contributed by atoms with van der Waals surface area (Å²) in [5, 5.41) is 7.19.